The van der Waals surface area contributed by atoms with Gasteiger partial charge in [-0.25, -0.2) is 4.98 Å². The summed E-state index contributed by atoms with van der Waals surface area (Å²) in [4.78, 5) is 20.4. The molecule has 5 heteroatoms. The lowest BCUT2D eigenvalue weighted by atomic mass is 9.67. The zero-order valence-corrected chi connectivity index (χ0v) is 19.7. The molecule has 3 fully saturated rings. The van der Waals surface area contributed by atoms with Gasteiger partial charge in [-0.15, -0.1) is 0 Å². The van der Waals surface area contributed by atoms with Crippen molar-refractivity contribution in [1.82, 2.24) is 10.3 Å². The van der Waals surface area contributed by atoms with Crippen LogP contribution in [-0.4, -0.2) is 36.6 Å². The molecule has 2 saturated carbocycles. The van der Waals surface area contributed by atoms with Crippen molar-refractivity contribution in [1.29, 1.82) is 0 Å². The lowest BCUT2D eigenvalue weighted by Gasteiger charge is -2.38. The second-order valence-electron chi connectivity index (χ2n) is 10.5. The van der Waals surface area contributed by atoms with Crippen molar-refractivity contribution in [3.8, 4) is 0 Å². The zero-order chi connectivity index (χ0) is 22.1. The van der Waals surface area contributed by atoms with E-state index in [-0.39, 0.29) is 5.91 Å². The number of hydrogen-bond acceptors (Lipinski definition) is 4. The van der Waals surface area contributed by atoms with Gasteiger partial charge in [-0.2, -0.15) is 0 Å². The number of fused-ring (bicyclic) bond motifs is 3. The Hall–Kier alpha value is -2.14. The lowest BCUT2D eigenvalue weighted by molar-refractivity contribution is -0.117. The molecule has 2 bridgehead atoms. The van der Waals surface area contributed by atoms with E-state index in [1.807, 2.05) is 0 Å². The number of amides is 1. The SMILES string of the molecule is CCN[C@H]1CCN(c2ccc3c(NC(=O)CC4CC5CCCC(C5)C4)c(C)ccc3n2)C1. The minimum atomic E-state index is 0.169. The number of aromatic nitrogens is 1. The molecule has 2 aromatic rings. The van der Waals surface area contributed by atoms with E-state index in [1.165, 1.54) is 38.5 Å². The van der Waals surface area contributed by atoms with Gasteiger partial charge in [0.2, 0.25) is 5.91 Å². The highest BCUT2D eigenvalue weighted by Gasteiger charge is 2.32. The minimum absolute atomic E-state index is 0.169. The number of nitrogens with zero attached hydrogens (tertiary/aromatic N) is 2. The number of pyridine rings is 1. The van der Waals surface area contributed by atoms with E-state index >= 15 is 0 Å². The van der Waals surface area contributed by atoms with Gasteiger partial charge in [-0.05, 0) is 80.7 Å². The van der Waals surface area contributed by atoms with E-state index in [9.17, 15) is 4.79 Å². The predicted octanol–water partition coefficient (Wildman–Crippen LogP) is 5.28. The maximum Gasteiger partial charge on any atom is 0.224 e. The Morgan fingerprint density at radius 2 is 1.91 bits per heavy atom. The largest absolute Gasteiger partial charge is 0.355 e. The lowest BCUT2D eigenvalue weighted by Crippen LogP contribution is -2.32. The molecule has 0 radical (unpaired) electrons. The van der Waals surface area contributed by atoms with E-state index in [0.717, 1.165) is 65.9 Å². The van der Waals surface area contributed by atoms with Crippen LogP contribution in [0.4, 0.5) is 11.5 Å². The highest BCUT2D eigenvalue weighted by molar-refractivity contribution is 6.02. The Morgan fingerprint density at radius 1 is 1.09 bits per heavy atom. The molecular weight excluding hydrogens is 396 g/mol. The van der Waals surface area contributed by atoms with Crippen LogP contribution in [0.3, 0.4) is 0 Å². The van der Waals surface area contributed by atoms with Gasteiger partial charge in [-0.1, -0.05) is 32.3 Å². The number of anilines is 2. The molecule has 2 unspecified atom stereocenters. The molecule has 0 spiro atoms. The summed E-state index contributed by atoms with van der Waals surface area (Å²) < 4.78 is 0. The number of likely N-dealkylation sites (N-methyl/N-ethyl adjacent to an activating group) is 1. The Bertz CT molecular complexity index is 962. The third kappa shape index (κ3) is 4.63. The third-order valence-electron chi connectivity index (χ3n) is 8.03. The molecule has 2 aliphatic carbocycles. The predicted molar refractivity (Wildman–Crippen MR) is 132 cm³/mol. The van der Waals surface area contributed by atoms with Crippen LogP contribution in [-0.2, 0) is 4.79 Å². The summed E-state index contributed by atoms with van der Waals surface area (Å²) in [6, 6.07) is 8.99. The topological polar surface area (TPSA) is 57.3 Å². The van der Waals surface area contributed by atoms with Gasteiger partial charge in [0.05, 0.1) is 11.2 Å². The fourth-order valence-corrected chi connectivity index (χ4v) is 6.56. The minimum Gasteiger partial charge on any atom is -0.355 e. The Kier molecular flexibility index (Phi) is 6.36. The molecule has 5 nitrogen and oxygen atoms in total. The van der Waals surface area contributed by atoms with E-state index in [4.69, 9.17) is 4.98 Å². The van der Waals surface area contributed by atoms with Crippen molar-refractivity contribution < 1.29 is 4.79 Å². The van der Waals surface area contributed by atoms with Gasteiger partial charge in [-0.3, -0.25) is 4.79 Å². The summed E-state index contributed by atoms with van der Waals surface area (Å²) in [5.41, 5.74) is 3.01. The molecule has 1 saturated heterocycles. The number of carbonyl (C=O) groups is 1. The molecule has 1 amide bonds. The first-order chi connectivity index (χ1) is 15.6. The molecular formula is C27H38N4O. The van der Waals surface area contributed by atoms with Gasteiger partial charge in [0.25, 0.3) is 0 Å². The fraction of sp³-hybridized carbons (Fsp3) is 0.630. The van der Waals surface area contributed by atoms with Crippen molar-refractivity contribution >= 4 is 28.3 Å². The number of aryl methyl sites for hydroxylation is 1. The second-order valence-corrected chi connectivity index (χ2v) is 10.5. The van der Waals surface area contributed by atoms with Crippen LogP contribution in [0.2, 0.25) is 0 Å². The van der Waals surface area contributed by atoms with Crippen molar-refractivity contribution in [3.05, 3.63) is 29.8 Å². The first-order valence-corrected chi connectivity index (χ1v) is 12.8. The summed E-state index contributed by atoms with van der Waals surface area (Å²) in [5.74, 6) is 3.48. The zero-order valence-electron chi connectivity index (χ0n) is 19.7. The molecule has 1 aromatic heterocycles. The molecule has 172 valence electrons. The molecule has 2 N–H and O–H groups in total. The maximum absolute atomic E-state index is 13.0. The van der Waals surface area contributed by atoms with Gasteiger partial charge < -0.3 is 15.5 Å². The first-order valence-electron chi connectivity index (χ1n) is 12.8. The molecule has 2 heterocycles. The van der Waals surface area contributed by atoms with Crippen LogP contribution in [0.25, 0.3) is 10.9 Å². The van der Waals surface area contributed by atoms with Crippen LogP contribution >= 0.6 is 0 Å². The van der Waals surface area contributed by atoms with Gasteiger partial charge in [0.1, 0.15) is 5.82 Å². The summed E-state index contributed by atoms with van der Waals surface area (Å²) in [6.45, 7) is 7.29. The highest BCUT2D eigenvalue weighted by Crippen LogP contribution is 2.43. The first kappa shape index (κ1) is 21.7. The Labute approximate surface area is 192 Å². The fourth-order valence-electron chi connectivity index (χ4n) is 6.56. The summed E-state index contributed by atoms with van der Waals surface area (Å²) >= 11 is 0. The van der Waals surface area contributed by atoms with Crippen LogP contribution < -0.4 is 15.5 Å². The van der Waals surface area contributed by atoms with E-state index < -0.39 is 0 Å². The van der Waals surface area contributed by atoms with Crippen LogP contribution in [0, 0.1) is 24.7 Å². The average molecular weight is 435 g/mol. The smallest absolute Gasteiger partial charge is 0.224 e. The standard InChI is InChI=1S/C27H38N4O/c1-3-28-22-11-12-31(17-22)25-10-8-23-24(29-25)9-7-18(2)27(23)30-26(32)16-21-14-19-5-4-6-20(13-19)15-21/h7-10,19-22,28H,3-6,11-17H2,1-2H3,(H,30,32)/t19?,20?,21?,22-/m0/s1. The number of nitrogens with one attached hydrogen (secondary N) is 2. The van der Waals surface area contributed by atoms with Crippen LogP contribution in [0.1, 0.15) is 63.9 Å². The van der Waals surface area contributed by atoms with Gasteiger partial charge in [0, 0.05) is 30.9 Å². The number of benzene rings is 1. The van der Waals surface area contributed by atoms with Crippen molar-refractivity contribution in [3.63, 3.8) is 0 Å². The average Bonchev–Trinajstić information content (AvgIpc) is 3.24. The van der Waals surface area contributed by atoms with Crippen molar-refractivity contribution in [2.45, 2.75) is 71.3 Å². The number of rotatable bonds is 6. The maximum atomic E-state index is 13.0. The number of hydrogen-bond donors (Lipinski definition) is 2. The Morgan fingerprint density at radius 3 is 2.69 bits per heavy atom. The summed E-state index contributed by atoms with van der Waals surface area (Å²) in [6.07, 6.45) is 9.85. The Balaban J connectivity index is 1.29. The molecule has 3 atom stereocenters. The molecule has 1 aliphatic heterocycles. The molecule has 3 aliphatic rings. The highest BCUT2D eigenvalue weighted by atomic mass is 16.1. The quantitative estimate of drug-likeness (QED) is 0.650. The van der Waals surface area contributed by atoms with Gasteiger partial charge >= 0.3 is 0 Å². The molecule has 32 heavy (non-hydrogen) atoms. The van der Waals surface area contributed by atoms with Crippen LogP contribution in [0.5, 0.6) is 0 Å². The number of carbonyl (C=O) groups excluding carboxylic acids is 1. The van der Waals surface area contributed by atoms with E-state index in [0.29, 0.717) is 18.4 Å². The normalized spacial score (nSPS) is 27.6. The second kappa shape index (κ2) is 9.38. The van der Waals surface area contributed by atoms with Crippen LogP contribution in [0.15, 0.2) is 24.3 Å². The molecule has 1 aromatic carbocycles. The van der Waals surface area contributed by atoms with Crippen molar-refractivity contribution in [2.75, 3.05) is 29.9 Å². The summed E-state index contributed by atoms with van der Waals surface area (Å²) in [5, 5.41) is 7.87. The van der Waals surface area contributed by atoms with Crippen molar-refractivity contribution in [2.24, 2.45) is 17.8 Å². The van der Waals surface area contributed by atoms with E-state index in [2.05, 4.69) is 53.6 Å². The molecule has 5 rings (SSSR count). The summed E-state index contributed by atoms with van der Waals surface area (Å²) in [7, 11) is 0. The van der Waals surface area contributed by atoms with E-state index in [1.54, 1.807) is 0 Å². The monoisotopic (exact) mass is 434 g/mol. The van der Waals surface area contributed by atoms with Gasteiger partial charge in [0.15, 0.2) is 0 Å². The third-order valence-corrected chi connectivity index (χ3v) is 8.03.